The zero-order valence-electron chi connectivity index (χ0n) is 14.6. The summed E-state index contributed by atoms with van der Waals surface area (Å²) in [6, 6.07) is 6.40. The number of rotatable bonds is 6. The SMILES string of the molecule is COc1ccc([C@]23CCN[C@H]2C/C(=N/OCC(=O)O)CC3)cc1OC. The lowest BCUT2D eigenvalue weighted by Crippen LogP contribution is -2.45. The third kappa shape index (κ3) is 3.42. The molecule has 0 radical (unpaired) electrons. The Balaban J connectivity index is 1.81. The Kier molecular flexibility index (Phi) is 5.13. The summed E-state index contributed by atoms with van der Waals surface area (Å²) in [5.41, 5.74) is 2.19. The summed E-state index contributed by atoms with van der Waals surface area (Å²) in [7, 11) is 3.28. The van der Waals surface area contributed by atoms with Crippen molar-refractivity contribution in [1.82, 2.24) is 5.32 Å². The molecule has 2 aliphatic rings. The molecule has 1 saturated heterocycles. The smallest absolute Gasteiger partial charge is 0.344 e. The number of nitrogens with zero attached hydrogens (tertiary/aromatic N) is 1. The molecule has 0 aromatic heterocycles. The molecule has 2 N–H and O–H groups in total. The molecule has 0 spiro atoms. The van der Waals surface area contributed by atoms with Gasteiger partial charge in [-0.05, 0) is 43.5 Å². The van der Waals surface area contributed by atoms with Crippen LogP contribution < -0.4 is 14.8 Å². The molecular weight excluding hydrogens is 324 g/mol. The van der Waals surface area contributed by atoms with Gasteiger partial charge in [-0.15, -0.1) is 0 Å². The third-order valence-corrected chi connectivity index (χ3v) is 5.27. The van der Waals surface area contributed by atoms with Gasteiger partial charge in [0.05, 0.1) is 19.9 Å². The van der Waals surface area contributed by atoms with Crippen LogP contribution in [0.15, 0.2) is 23.4 Å². The second kappa shape index (κ2) is 7.31. The summed E-state index contributed by atoms with van der Waals surface area (Å²) in [5, 5.41) is 16.2. The molecule has 7 nitrogen and oxygen atoms in total. The van der Waals surface area contributed by atoms with Gasteiger partial charge in [0.15, 0.2) is 11.5 Å². The predicted molar refractivity (Wildman–Crippen MR) is 92.5 cm³/mol. The van der Waals surface area contributed by atoms with Gasteiger partial charge in [-0.1, -0.05) is 11.2 Å². The number of nitrogens with one attached hydrogen (secondary N) is 1. The first kappa shape index (κ1) is 17.5. The van der Waals surface area contributed by atoms with Gasteiger partial charge in [-0.2, -0.15) is 0 Å². The van der Waals surface area contributed by atoms with E-state index in [-0.39, 0.29) is 11.5 Å². The number of carboxylic acids is 1. The van der Waals surface area contributed by atoms with Crippen molar-refractivity contribution in [3.63, 3.8) is 0 Å². The molecule has 0 amide bonds. The average Bonchev–Trinajstić information content (AvgIpc) is 3.05. The van der Waals surface area contributed by atoms with Crippen LogP contribution >= 0.6 is 0 Å². The molecule has 1 saturated carbocycles. The lowest BCUT2D eigenvalue weighted by atomic mass is 9.66. The molecule has 1 aromatic rings. The first-order valence-electron chi connectivity index (χ1n) is 8.44. The number of aliphatic carboxylic acids is 1. The molecule has 1 aromatic carbocycles. The van der Waals surface area contributed by atoms with Crippen molar-refractivity contribution in [3.8, 4) is 11.5 Å². The monoisotopic (exact) mass is 348 g/mol. The van der Waals surface area contributed by atoms with E-state index in [1.165, 1.54) is 5.56 Å². The number of oxime groups is 1. The molecule has 3 rings (SSSR count). The van der Waals surface area contributed by atoms with Crippen molar-refractivity contribution < 1.29 is 24.2 Å². The maximum Gasteiger partial charge on any atom is 0.344 e. The molecule has 1 aliphatic heterocycles. The maximum absolute atomic E-state index is 10.5. The van der Waals surface area contributed by atoms with E-state index >= 15 is 0 Å². The van der Waals surface area contributed by atoms with Crippen molar-refractivity contribution in [2.45, 2.75) is 37.1 Å². The highest BCUT2D eigenvalue weighted by Crippen LogP contribution is 2.46. The van der Waals surface area contributed by atoms with Crippen molar-refractivity contribution in [1.29, 1.82) is 0 Å². The second-order valence-electron chi connectivity index (χ2n) is 6.51. The summed E-state index contributed by atoms with van der Waals surface area (Å²) in [5.74, 6) is 0.452. The normalized spacial score (nSPS) is 27.0. The molecule has 25 heavy (non-hydrogen) atoms. The highest BCUT2D eigenvalue weighted by molar-refractivity contribution is 5.86. The van der Waals surface area contributed by atoms with Gasteiger partial charge in [0.1, 0.15) is 0 Å². The largest absolute Gasteiger partial charge is 0.493 e. The topological polar surface area (TPSA) is 89.4 Å². The first-order chi connectivity index (χ1) is 12.1. The van der Waals surface area contributed by atoms with Crippen LogP contribution in [0.3, 0.4) is 0 Å². The molecular formula is C18H24N2O5. The minimum atomic E-state index is -1.01. The van der Waals surface area contributed by atoms with Gasteiger partial charge in [0.2, 0.25) is 6.61 Å². The van der Waals surface area contributed by atoms with Crippen molar-refractivity contribution in [2.75, 3.05) is 27.4 Å². The van der Waals surface area contributed by atoms with Crippen LogP contribution in [0.25, 0.3) is 0 Å². The van der Waals surface area contributed by atoms with E-state index in [9.17, 15) is 4.79 Å². The number of benzene rings is 1. The molecule has 1 heterocycles. The number of hydrogen-bond donors (Lipinski definition) is 2. The Morgan fingerprint density at radius 2 is 2.12 bits per heavy atom. The number of carboxylic acid groups (broad SMARTS) is 1. The minimum absolute atomic E-state index is 0.0331. The summed E-state index contributed by atoms with van der Waals surface area (Å²) in [4.78, 5) is 15.5. The number of hydrogen-bond acceptors (Lipinski definition) is 6. The summed E-state index contributed by atoms with van der Waals surface area (Å²) < 4.78 is 10.8. The van der Waals surface area contributed by atoms with Gasteiger partial charge in [0.25, 0.3) is 0 Å². The predicted octanol–water partition coefficient (Wildman–Crippen LogP) is 1.94. The Morgan fingerprint density at radius 1 is 1.32 bits per heavy atom. The van der Waals surface area contributed by atoms with Crippen LogP contribution in [0.4, 0.5) is 0 Å². The van der Waals surface area contributed by atoms with Gasteiger partial charge >= 0.3 is 5.97 Å². The summed E-state index contributed by atoms with van der Waals surface area (Å²) in [6.07, 6.45) is 3.55. The van der Waals surface area contributed by atoms with Crippen molar-refractivity contribution in [2.24, 2.45) is 5.16 Å². The number of methoxy groups -OCH3 is 2. The first-order valence-corrected chi connectivity index (χ1v) is 8.44. The summed E-state index contributed by atoms with van der Waals surface area (Å²) >= 11 is 0. The Hall–Kier alpha value is -2.28. The molecule has 0 unspecified atom stereocenters. The number of fused-ring (bicyclic) bond motifs is 1. The van der Waals surface area contributed by atoms with E-state index in [1.54, 1.807) is 14.2 Å². The van der Waals surface area contributed by atoms with Crippen molar-refractivity contribution >= 4 is 11.7 Å². The van der Waals surface area contributed by atoms with Crippen LogP contribution in [-0.4, -0.2) is 50.2 Å². The van der Waals surface area contributed by atoms with Crippen LogP contribution in [0.5, 0.6) is 11.5 Å². The zero-order valence-corrected chi connectivity index (χ0v) is 14.6. The Bertz CT molecular complexity index is 675. The van der Waals surface area contributed by atoms with E-state index in [1.807, 2.05) is 6.07 Å². The maximum atomic E-state index is 10.5. The number of carbonyl (C=O) groups is 1. The fourth-order valence-electron chi connectivity index (χ4n) is 4.01. The van der Waals surface area contributed by atoms with Gasteiger partial charge in [0, 0.05) is 17.9 Å². The van der Waals surface area contributed by atoms with Gasteiger partial charge in [-0.3, -0.25) is 0 Å². The van der Waals surface area contributed by atoms with Crippen LogP contribution in [0, 0.1) is 0 Å². The van der Waals surface area contributed by atoms with E-state index < -0.39 is 12.6 Å². The Morgan fingerprint density at radius 3 is 2.84 bits per heavy atom. The van der Waals surface area contributed by atoms with E-state index in [0.29, 0.717) is 0 Å². The van der Waals surface area contributed by atoms with Crippen molar-refractivity contribution in [3.05, 3.63) is 23.8 Å². The lowest BCUT2D eigenvalue weighted by molar-refractivity contribution is -0.142. The quantitative estimate of drug-likeness (QED) is 0.764. The van der Waals surface area contributed by atoms with Gasteiger partial charge in [-0.25, -0.2) is 4.79 Å². The molecule has 7 heteroatoms. The standard InChI is InChI=1S/C18H24N2O5/c1-23-14-4-3-12(9-15(14)24-2)18-6-5-13(20-25-11-17(21)22)10-16(18)19-8-7-18/h3-4,9,16,19H,5-8,10-11H2,1-2H3,(H,21,22)/b20-13+/t16-,18-/m0/s1. The van der Waals surface area contributed by atoms with E-state index in [0.717, 1.165) is 49.4 Å². The highest BCUT2D eigenvalue weighted by Gasteiger charge is 2.47. The Labute approximate surface area is 146 Å². The fraction of sp³-hybridized carbons (Fsp3) is 0.556. The fourth-order valence-corrected chi connectivity index (χ4v) is 4.01. The number of ether oxygens (including phenoxy) is 2. The molecule has 2 atom stereocenters. The summed E-state index contributed by atoms with van der Waals surface area (Å²) in [6.45, 7) is 0.546. The molecule has 2 fully saturated rings. The zero-order chi connectivity index (χ0) is 17.9. The van der Waals surface area contributed by atoms with Crippen LogP contribution in [-0.2, 0) is 15.0 Å². The van der Waals surface area contributed by atoms with Crippen LogP contribution in [0.1, 0.15) is 31.2 Å². The van der Waals surface area contributed by atoms with Gasteiger partial charge < -0.3 is 24.7 Å². The average molecular weight is 348 g/mol. The molecule has 1 aliphatic carbocycles. The van der Waals surface area contributed by atoms with Crippen LogP contribution in [0.2, 0.25) is 0 Å². The van der Waals surface area contributed by atoms with E-state index in [2.05, 4.69) is 22.6 Å². The third-order valence-electron chi connectivity index (χ3n) is 5.27. The molecule has 0 bridgehead atoms. The highest BCUT2D eigenvalue weighted by atomic mass is 16.6. The van der Waals surface area contributed by atoms with E-state index in [4.69, 9.17) is 19.4 Å². The lowest BCUT2D eigenvalue weighted by Gasteiger charge is -2.40. The molecule has 136 valence electrons. The minimum Gasteiger partial charge on any atom is -0.493 e. The second-order valence-corrected chi connectivity index (χ2v) is 6.51.